The number of nitrogens with zero attached hydrogens (tertiary/aromatic N) is 1. The van der Waals surface area contributed by atoms with Gasteiger partial charge in [-0.1, -0.05) is 0 Å². The average molecular weight is 230 g/mol. The van der Waals surface area contributed by atoms with Gasteiger partial charge in [0, 0.05) is 0 Å². The number of oxime groups is 1. The molecule has 5 heteroatoms. The summed E-state index contributed by atoms with van der Waals surface area (Å²) >= 11 is 0. The van der Waals surface area contributed by atoms with Gasteiger partial charge in [-0.05, 0) is 0 Å². The fraction of sp³-hybridized carbons (Fsp3) is 0.417. The van der Waals surface area contributed by atoms with Crippen molar-refractivity contribution in [3.05, 3.63) is 29.8 Å². The molecule has 4 nitrogen and oxygen atoms in total. The third kappa shape index (κ3) is 2.93. The number of benzene rings is 1. The first kappa shape index (κ1) is 11.8. The van der Waals surface area contributed by atoms with Crippen LogP contribution in [0.25, 0.3) is 0 Å². The topological polar surface area (TPSA) is 50.7 Å². The number of hydrogen-bond acceptors (Lipinski definition) is 4. The Labute approximate surface area is 101 Å². The van der Waals surface area contributed by atoms with Crippen molar-refractivity contribution in [2.45, 2.75) is 25.9 Å². The summed E-state index contributed by atoms with van der Waals surface area (Å²) in [7, 11) is 0.842. The van der Waals surface area contributed by atoms with Gasteiger partial charge in [0.2, 0.25) is 0 Å². The molecule has 17 heavy (non-hydrogen) atoms. The molecule has 0 saturated heterocycles. The van der Waals surface area contributed by atoms with E-state index in [1.807, 2.05) is 24.3 Å². The number of rotatable bonds is 5. The summed E-state index contributed by atoms with van der Waals surface area (Å²) in [4.78, 5) is 5.29. The van der Waals surface area contributed by atoms with Gasteiger partial charge in [-0.25, -0.2) is 0 Å². The minimum atomic E-state index is 0.220. The Morgan fingerprint density at radius 2 is 2.24 bits per heavy atom. The average Bonchev–Trinajstić information content (AvgIpc) is 2.86. The van der Waals surface area contributed by atoms with Crippen LogP contribution in [-0.2, 0) is 9.54 Å². The zero-order valence-corrected chi connectivity index (χ0v) is 9.85. The van der Waals surface area contributed by atoms with Crippen molar-refractivity contribution in [3.63, 3.8) is 0 Å². The van der Waals surface area contributed by atoms with Gasteiger partial charge in [-0.15, -0.1) is 0 Å². The van der Waals surface area contributed by atoms with E-state index < -0.39 is 0 Å². The third-order valence-corrected chi connectivity index (χ3v) is 2.80. The normalized spacial score (nSPS) is 18.2. The summed E-state index contributed by atoms with van der Waals surface area (Å²) in [6, 6.07) is 7.88. The van der Waals surface area contributed by atoms with Crippen LogP contribution in [0.3, 0.4) is 0 Å². The zero-order valence-electron chi connectivity index (χ0n) is 9.85. The van der Waals surface area contributed by atoms with E-state index in [0.717, 1.165) is 37.0 Å². The Bertz CT molecular complexity index is 417. The molecule has 1 unspecified atom stereocenters. The Hall–Kier alpha value is -1.65. The molecule has 1 aliphatic heterocycles. The quantitative estimate of drug-likeness (QED) is 0.787. The van der Waals surface area contributed by atoms with Crippen LogP contribution in [0.4, 0.5) is 5.69 Å². The van der Waals surface area contributed by atoms with Gasteiger partial charge in [-0.3, -0.25) is 0 Å². The Morgan fingerprint density at radius 3 is 2.82 bits per heavy atom. The Morgan fingerprint density at radius 1 is 1.47 bits per heavy atom. The zero-order chi connectivity index (χ0) is 12.1. The molecule has 0 radical (unpaired) electrons. The van der Waals surface area contributed by atoms with Crippen LogP contribution in [0.15, 0.2) is 29.4 Å². The molecule has 1 aromatic rings. The number of nitrogens with one attached hydrogen (secondary N) is 1. The van der Waals surface area contributed by atoms with Crippen molar-refractivity contribution in [2.75, 3.05) is 11.8 Å². The third-order valence-electron chi connectivity index (χ3n) is 2.80. The molecule has 2 rings (SSSR count). The van der Waals surface area contributed by atoms with E-state index in [2.05, 4.69) is 17.4 Å². The molecular formula is C12H15BN2O2. The van der Waals surface area contributed by atoms with E-state index in [4.69, 9.17) is 4.84 Å². The van der Waals surface area contributed by atoms with Crippen LogP contribution >= 0.6 is 0 Å². The van der Waals surface area contributed by atoms with Gasteiger partial charge < -0.3 is 0 Å². The first-order valence-electron chi connectivity index (χ1n) is 5.84. The molecule has 0 aliphatic carbocycles. The standard InChI is InChI=1S/C12H15BN2O2/c1-2-11-7-12(15-17-11)9-3-5-10(6-4-9)14-8-13-16/h3-6,11,14H,2,7-8H2,1H3. The van der Waals surface area contributed by atoms with E-state index in [9.17, 15) is 4.70 Å². The molecule has 0 bridgehead atoms. The molecule has 0 aromatic heterocycles. The molecule has 1 N–H and O–H groups in total. The van der Waals surface area contributed by atoms with Gasteiger partial charge in [0.15, 0.2) is 0 Å². The molecule has 1 aromatic carbocycles. The first-order chi connectivity index (χ1) is 8.33. The van der Waals surface area contributed by atoms with Crippen molar-refractivity contribution >= 4 is 18.5 Å². The van der Waals surface area contributed by atoms with Gasteiger partial charge in [0.05, 0.1) is 0 Å². The van der Waals surface area contributed by atoms with E-state index >= 15 is 0 Å². The van der Waals surface area contributed by atoms with Crippen molar-refractivity contribution in [3.8, 4) is 0 Å². The molecule has 1 atom stereocenters. The molecule has 0 saturated carbocycles. The molecule has 0 spiro atoms. The monoisotopic (exact) mass is 230 g/mol. The number of hydrogen-bond donors (Lipinski definition) is 1. The SMILES string of the molecule is CCC1CC(c2ccc(NCB=O)cc2)=NO1. The van der Waals surface area contributed by atoms with Gasteiger partial charge >= 0.3 is 101 Å². The van der Waals surface area contributed by atoms with Crippen LogP contribution < -0.4 is 5.32 Å². The maximum atomic E-state index is 10.2. The van der Waals surface area contributed by atoms with Crippen molar-refractivity contribution in [1.82, 2.24) is 0 Å². The second-order valence-electron chi connectivity index (χ2n) is 4.00. The van der Waals surface area contributed by atoms with Crippen LogP contribution in [0.2, 0.25) is 0 Å². The summed E-state index contributed by atoms with van der Waals surface area (Å²) in [6.07, 6.45) is 2.41. The summed E-state index contributed by atoms with van der Waals surface area (Å²) in [6.45, 7) is 2.09. The second kappa shape index (κ2) is 5.61. The predicted molar refractivity (Wildman–Crippen MR) is 67.7 cm³/mol. The Balaban J connectivity index is 2.01. The molecule has 1 aliphatic rings. The Kier molecular flexibility index (Phi) is 3.91. The van der Waals surface area contributed by atoms with Gasteiger partial charge in [0.1, 0.15) is 0 Å². The van der Waals surface area contributed by atoms with Crippen LogP contribution in [-0.4, -0.2) is 25.4 Å². The molecule has 0 fully saturated rings. The minimum absolute atomic E-state index is 0.220. The van der Waals surface area contributed by atoms with E-state index in [-0.39, 0.29) is 6.10 Å². The first-order valence-corrected chi connectivity index (χ1v) is 5.84. The van der Waals surface area contributed by atoms with Crippen molar-refractivity contribution in [2.24, 2.45) is 5.16 Å². The number of anilines is 1. The van der Waals surface area contributed by atoms with Gasteiger partial charge in [-0.2, -0.15) is 0 Å². The van der Waals surface area contributed by atoms with E-state index in [1.165, 1.54) is 0 Å². The van der Waals surface area contributed by atoms with Crippen LogP contribution in [0.5, 0.6) is 0 Å². The van der Waals surface area contributed by atoms with Crippen LogP contribution in [0.1, 0.15) is 25.3 Å². The summed E-state index contributed by atoms with van der Waals surface area (Å²) in [5, 5.41) is 7.08. The predicted octanol–water partition coefficient (Wildman–Crippen LogP) is 2.01. The second-order valence-corrected chi connectivity index (χ2v) is 4.00. The van der Waals surface area contributed by atoms with E-state index in [1.54, 1.807) is 0 Å². The van der Waals surface area contributed by atoms with Crippen LogP contribution in [0, 0.1) is 0 Å². The molecule has 1 heterocycles. The van der Waals surface area contributed by atoms with Gasteiger partial charge in [0.25, 0.3) is 0 Å². The molecule has 88 valence electrons. The van der Waals surface area contributed by atoms with Crippen molar-refractivity contribution < 1.29 is 9.54 Å². The summed E-state index contributed by atoms with van der Waals surface area (Å²) < 4.78 is 10.2. The maximum absolute atomic E-state index is 10.2. The molecular weight excluding hydrogens is 215 g/mol. The fourth-order valence-corrected chi connectivity index (χ4v) is 1.76. The van der Waals surface area contributed by atoms with E-state index in [0.29, 0.717) is 6.44 Å². The summed E-state index contributed by atoms with van der Waals surface area (Å²) in [5.74, 6) is 0. The molecule has 0 amide bonds. The fourth-order valence-electron chi connectivity index (χ4n) is 1.76. The summed E-state index contributed by atoms with van der Waals surface area (Å²) in [5.41, 5.74) is 3.02. The van der Waals surface area contributed by atoms with Crippen molar-refractivity contribution in [1.29, 1.82) is 0 Å².